The summed E-state index contributed by atoms with van der Waals surface area (Å²) in [6.45, 7) is 0.917. The molecule has 1 aliphatic heterocycles. The van der Waals surface area contributed by atoms with Crippen molar-refractivity contribution >= 4 is 17.7 Å². The summed E-state index contributed by atoms with van der Waals surface area (Å²) >= 11 is 1.60. The molecule has 1 aromatic carbocycles. The lowest BCUT2D eigenvalue weighted by Crippen LogP contribution is -2.39. The number of alkyl halides is 3. The Kier molecular flexibility index (Phi) is 5.85. The molecule has 0 spiro atoms. The van der Waals surface area contributed by atoms with Crippen molar-refractivity contribution in [2.75, 3.05) is 18.8 Å². The third-order valence-electron chi connectivity index (χ3n) is 4.13. The molecule has 140 valence electrons. The Morgan fingerprint density at radius 3 is 2.73 bits per heavy atom. The molecule has 0 N–H and O–H groups in total. The van der Waals surface area contributed by atoms with E-state index in [-0.39, 0.29) is 17.7 Å². The molecule has 1 aromatic heterocycles. The highest BCUT2D eigenvalue weighted by Crippen LogP contribution is 2.32. The summed E-state index contributed by atoms with van der Waals surface area (Å²) in [5, 5.41) is 6.59. The van der Waals surface area contributed by atoms with Crippen LogP contribution >= 0.6 is 11.8 Å². The van der Waals surface area contributed by atoms with E-state index in [0.717, 1.165) is 4.90 Å². The van der Waals surface area contributed by atoms with Crippen molar-refractivity contribution < 1.29 is 22.4 Å². The lowest BCUT2D eigenvalue weighted by Gasteiger charge is -2.31. The molecular formula is C17H18F3N3O2S. The average molecular weight is 385 g/mol. The number of nitrogens with zero attached hydrogens (tertiary/aromatic N) is 3. The summed E-state index contributed by atoms with van der Waals surface area (Å²) in [6.07, 6.45) is -2.94. The van der Waals surface area contributed by atoms with Crippen LogP contribution in [0.4, 0.5) is 13.2 Å². The molecule has 1 saturated heterocycles. The van der Waals surface area contributed by atoms with Gasteiger partial charge < -0.3 is 9.32 Å². The SMILES string of the molecule is O=C(CCSc1ccccc1)N1CCCC(c2nnc(C(F)(F)F)o2)C1. The van der Waals surface area contributed by atoms with Gasteiger partial charge in [-0.05, 0) is 25.0 Å². The number of hydrogen-bond donors (Lipinski definition) is 0. The van der Waals surface area contributed by atoms with E-state index in [1.807, 2.05) is 30.3 Å². The quantitative estimate of drug-likeness (QED) is 0.729. The number of amides is 1. The fourth-order valence-electron chi connectivity index (χ4n) is 2.85. The van der Waals surface area contributed by atoms with Gasteiger partial charge in [0.05, 0.1) is 5.92 Å². The van der Waals surface area contributed by atoms with Crippen LogP contribution in [0.2, 0.25) is 0 Å². The highest BCUT2D eigenvalue weighted by Gasteiger charge is 2.39. The van der Waals surface area contributed by atoms with E-state index >= 15 is 0 Å². The summed E-state index contributed by atoms with van der Waals surface area (Å²) in [4.78, 5) is 15.2. The Labute approximate surface area is 153 Å². The third-order valence-corrected chi connectivity index (χ3v) is 5.15. The average Bonchev–Trinajstić information content (AvgIpc) is 3.13. The highest BCUT2D eigenvalue weighted by molar-refractivity contribution is 7.99. The predicted octanol–water partition coefficient (Wildman–Crippen LogP) is 3.98. The van der Waals surface area contributed by atoms with E-state index in [4.69, 9.17) is 4.42 Å². The summed E-state index contributed by atoms with van der Waals surface area (Å²) in [5.41, 5.74) is 0. The Balaban J connectivity index is 1.52. The number of aromatic nitrogens is 2. The van der Waals surface area contributed by atoms with E-state index < -0.39 is 12.1 Å². The van der Waals surface area contributed by atoms with Crippen molar-refractivity contribution in [2.24, 2.45) is 0 Å². The smallest absolute Gasteiger partial charge is 0.417 e. The van der Waals surface area contributed by atoms with Crippen LogP contribution in [0.1, 0.15) is 37.0 Å². The Morgan fingerprint density at radius 1 is 1.27 bits per heavy atom. The third kappa shape index (κ3) is 4.78. The Morgan fingerprint density at radius 2 is 2.04 bits per heavy atom. The second-order valence-electron chi connectivity index (χ2n) is 6.03. The zero-order valence-electron chi connectivity index (χ0n) is 13.9. The monoisotopic (exact) mass is 385 g/mol. The number of thioether (sulfide) groups is 1. The molecule has 2 heterocycles. The second-order valence-corrected chi connectivity index (χ2v) is 7.20. The van der Waals surface area contributed by atoms with Gasteiger partial charge in [-0.25, -0.2) is 0 Å². The zero-order chi connectivity index (χ0) is 18.6. The van der Waals surface area contributed by atoms with Crippen molar-refractivity contribution in [3.63, 3.8) is 0 Å². The molecule has 5 nitrogen and oxygen atoms in total. The standard InChI is InChI=1S/C17H18F3N3O2S/c18-17(19,20)16-22-21-15(25-16)12-5-4-9-23(11-12)14(24)8-10-26-13-6-2-1-3-7-13/h1-3,6-7,12H,4-5,8-11H2. The Hall–Kier alpha value is -2.03. The van der Waals surface area contributed by atoms with Gasteiger partial charge in [0, 0.05) is 30.2 Å². The maximum absolute atomic E-state index is 12.6. The molecule has 0 saturated carbocycles. The van der Waals surface area contributed by atoms with Crippen LogP contribution in [-0.2, 0) is 11.0 Å². The molecule has 0 radical (unpaired) electrons. The number of carbonyl (C=O) groups is 1. The molecule has 1 unspecified atom stereocenters. The fourth-order valence-corrected chi connectivity index (χ4v) is 3.71. The minimum Gasteiger partial charge on any atom is -0.417 e. The molecule has 1 amide bonds. The van der Waals surface area contributed by atoms with Crippen LogP contribution < -0.4 is 0 Å². The molecule has 9 heteroatoms. The lowest BCUT2D eigenvalue weighted by molar-refractivity contribution is -0.157. The van der Waals surface area contributed by atoms with Crippen molar-refractivity contribution in [1.29, 1.82) is 0 Å². The number of halogens is 3. The van der Waals surface area contributed by atoms with Crippen LogP contribution in [0.15, 0.2) is 39.6 Å². The van der Waals surface area contributed by atoms with Gasteiger partial charge in [0.25, 0.3) is 0 Å². The number of carbonyl (C=O) groups excluding carboxylic acids is 1. The first-order chi connectivity index (χ1) is 12.4. The second kappa shape index (κ2) is 8.11. The van der Waals surface area contributed by atoms with Gasteiger partial charge in [-0.2, -0.15) is 13.2 Å². The first-order valence-corrected chi connectivity index (χ1v) is 9.28. The number of hydrogen-bond acceptors (Lipinski definition) is 5. The van der Waals surface area contributed by atoms with Gasteiger partial charge in [0.1, 0.15) is 0 Å². The molecule has 0 bridgehead atoms. The molecule has 2 aromatic rings. The molecule has 1 fully saturated rings. The lowest BCUT2D eigenvalue weighted by atomic mass is 9.98. The Bertz CT molecular complexity index is 736. The van der Waals surface area contributed by atoms with E-state index in [0.29, 0.717) is 38.1 Å². The van der Waals surface area contributed by atoms with E-state index in [1.54, 1.807) is 16.7 Å². The van der Waals surface area contributed by atoms with Crippen LogP contribution in [0.3, 0.4) is 0 Å². The van der Waals surface area contributed by atoms with Gasteiger partial charge in [-0.1, -0.05) is 18.2 Å². The van der Waals surface area contributed by atoms with Crippen molar-refractivity contribution in [3.05, 3.63) is 42.1 Å². The minimum absolute atomic E-state index is 0.00584. The van der Waals surface area contributed by atoms with E-state index in [9.17, 15) is 18.0 Å². The molecular weight excluding hydrogens is 367 g/mol. The molecule has 3 rings (SSSR count). The van der Waals surface area contributed by atoms with Gasteiger partial charge in [0.15, 0.2) is 0 Å². The zero-order valence-corrected chi connectivity index (χ0v) is 14.7. The minimum atomic E-state index is -4.65. The molecule has 26 heavy (non-hydrogen) atoms. The van der Waals surface area contributed by atoms with Gasteiger partial charge in [-0.3, -0.25) is 4.79 Å². The first kappa shape index (κ1) is 18.8. The maximum atomic E-state index is 12.6. The van der Waals surface area contributed by atoms with Crippen LogP contribution in [0.5, 0.6) is 0 Å². The van der Waals surface area contributed by atoms with Crippen LogP contribution in [-0.4, -0.2) is 39.8 Å². The van der Waals surface area contributed by atoms with E-state index in [1.165, 1.54) is 0 Å². The van der Waals surface area contributed by atoms with Gasteiger partial charge in [0.2, 0.25) is 11.8 Å². The van der Waals surface area contributed by atoms with Crippen LogP contribution in [0, 0.1) is 0 Å². The van der Waals surface area contributed by atoms with Crippen LogP contribution in [0.25, 0.3) is 0 Å². The summed E-state index contributed by atoms with van der Waals surface area (Å²) in [6, 6.07) is 9.79. The topological polar surface area (TPSA) is 59.2 Å². The number of likely N-dealkylation sites (tertiary alicyclic amines) is 1. The fraction of sp³-hybridized carbons (Fsp3) is 0.471. The summed E-state index contributed by atoms with van der Waals surface area (Å²) < 4.78 is 42.5. The highest BCUT2D eigenvalue weighted by atomic mass is 32.2. The van der Waals surface area contributed by atoms with Crippen molar-refractivity contribution in [2.45, 2.75) is 36.3 Å². The number of benzene rings is 1. The summed E-state index contributed by atoms with van der Waals surface area (Å²) in [5.74, 6) is -1.08. The summed E-state index contributed by atoms with van der Waals surface area (Å²) in [7, 11) is 0. The number of piperidine rings is 1. The normalized spacial score (nSPS) is 18.1. The largest absolute Gasteiger partial charge is 0.470 e. The maximum Gasteiger partial charge on any atom is 0.470 e. The predicted molar refractivity (Wildman–Crippen MR) is 89.6 cm³/mol. The van der Waals surface area contributed by atoms with Gasteiger partial charge >= 0.3 is 12.1 Å². The molecule has 1 aliphatic rings. The number of rotatable bonds is 5. The van der Waals surface area contributed by atoms with Gasteiger partial charge in [-0.15, -0.1) is 22.0 Å². The molecule has 0 aliphatic carbocycles. The molecule has 1 atom stereocenters. The first-order valence-electron chi connectivity index (χ1n) is 8.29. The van der Waals surface area contributed by atoms with E-state index in [2.05, 4.69) is 10.2 Å². The van der Waals surface area contributed by atoms with Crippen molar-refractivity contribution in [1.82, 2.24) is 15.1 Å². The van der Waals surface area contributed by atoms with Crippen molar-refractivity contribution in [3.8, 4) is 0 Å².